The number of aliphatic carboxylic acids is 1. The van der Waals surface area contributed by atoms with Gasteiger partial charge in [0.25, 0.3) is 11.8 Å². The highest BCUT2D eigenvalue weighted by Gasteiger charge is 2.34. The lowest BCUT2D eigenvalue weighted by atomic mass is 10.0. The molecule has 8 nitrogen and oxygen atoms in total. The highest BCUT2D eigenvalue weighted by molar-refractivity contribution is 7.80. The first-order valence-corrected chi connectivity index (χ1v) is 11.4. The Balaban J connectivity index is 2.05. The van der Waals surface area contributed by atoms with E-state index in [1.54, 1.807) is 37.3 Å². The number of anilines is 1. The van der Waals surface area contributed by atoms with Crippen LogP contribution >= 0.6 is 12.2 Å². The van der Waals surface area contributed by atoms with E-state index in [0.29, 0.717) is 35.6 Å². The zero-order valence-electron chi connectivity index (χ0n) is 19.5. The maximum Gasteiger partial charge on any atom is 0.341 e. The van der Waals surface area contributed by atoms with Crippen molar-refractivity contribution in [2.24, 2.45) is 0 Å². The Kier molecular flexibility index (Phi) is 8.38. The van der Waals surface area contributed by atoms with Crippen molar-refractivity contribution < 1.29 is 29.0 Å². The lowest BCUT2D eigenvalue weighted by Gasteiger charge is -2.29. The first-order chi connectivity index (χ1) is 16.8. The second-order valence-corrected chi connectivity index (χ2v) is 7.98. The molecule has 2 amide bonds. The van der Waals surface area contributed by atoms with Crippen LogP contribution in [0.15, 0.2) is 54.6 Å². The molecule has 0 aromatic heterocycles. The molecule has 182 valence electrons. The number of nitrogens with zero attached hydrogens (tertiary/aromatic N) is 1. The van der Waals surface area contributed by atoms with Gasteiger partial charge in [-0.15, -0.1) is 6.58 Å². The second kappa shape index (κ2) is 11.4. The van der Waals surface area contributed by atoms with E-state index in [9.17, 15) is 14.4 Å². The number of allylic oxidation sites excluding steroid dienone is 1. The van der Waals surface area contributed by atoms with E-state index >= 15 is 0 Å². The van der Waals surface area contributed by atoms with Crippen molar-refractivity contribution in [3.05, 3.63) is 71.3 Å². The number of aryl methyl sites for hydroxylation is 1. The van der Waals surface area contributed by atoms with Crippen molar-refractivity contribution in [3.8, 4) is 11.5 Å². The number of carboxylic acids is 1. The van der Waals surface area contributed by atoms with Gasteiger partial charge in [-0.2, -0.15) is 0 Å². The number of hydrogen-bond donors (Lipinski definition) is 2. The molecule has 9 heteroatoms. The number of hydrogen-bond acceptors (Lipinski definition) is 6. The third kappa shape index (κ3) is 5.93. The molecule has 1 aliphatic rings. The maximum absolute atomic E-state index is 13.3. The van der Waals surface area contributed by atoms with Crippen molar-refractivity contribution in [2.45, 2.75) is 26.7 Å². The van der Waals surface area contributed by atoms with E-state index in [4.69, 9.17) is 26.8 Å². The molecule has 0 saturated carbocycles. The van der Waals surface area contributed by atoms with Crippen molar-refractivity contribution in [2.75, 3.05) is 18.1 Å². The Morgan fingerprint density at radius 3 is 2.49 bits per heavy atom. The Bertz CT molecular complexity index is 1200. The number of carboxylic acid groups (broad SMARTS) is 1. The summed E-state index contributed by atoms with van der Waals surface area (Å²) in [5.74, 6) is -1.73. The van der Waals surface area contributed by atoms with Gasteiger partial charge >= 0.3 is 5.97 Å². The molecule has 2 N–H and O–H groups in total. The average Bonchev–Trinajstić information content (AvgIpc) is 2.82. The maximum atomic E-state index is 13.3. The van der Waals surface area contributed by atoms with Gasteiger partial charge < -0.3 is 14.6 Å². The van der Waals surface area contributed by atoms with E-state index in [-0.39, 0.29) is 16.4 Å². The van der Waals surface area contributed by atoms with Gasteiger partial charge in [-0.1, -0.05) is 25.1 Å². The molecule has 1 saturated heterocycles. The minimum atomic E-state index is -1.13. The predicted octanol–water partition coefficient (Wildman–Crippen LogP) is 3.67. The van der Waals surface area contributed by atoms with Crippen LogP contribution in [0.25, 0.3) is 6.08 Å². The molecule has 35 heavy (non-hydrogen) atoms. The Morgan fingerprint density at radius 2 is 1.89 bits per heavy atom. The fourth-order valence-corrected chi connectivity index (χ4v) is 3.85. The Labute approximate surface area is 208 Å². The summed E-state index contributed by atoms with van der Waals surface area (Å²) in [5, 5.41) is 11.6. The topological polar surface area (TPSA) is 105 Å². The van der Waals surface area contributed by atoms with Gasteiger partial charge in [-0.25, -0.2) is 4.79 Å². The van der Waals surface area contributed by atoms with Gasteiger partial charge in [0, 0.05) is 5.56 Å². The van der Waals surface area contributed by atoms with Gasteiger partial charge in [-0.3, -0.25) is 19.8 Å². The molecule has 0 aliphatic carbocycles. The smallest absolute Gasteiger partial charge is 0.341 e. The van der Waals surface area contributed by atoms with Gasteiger partial charge in [0.05, 0.1) is 12.3 Å². The molecule has 0 bridgehead atoms. The van der Waals surface area contributed by atoms with Crippen LogP contribution in [-0.2, 0) is 27.2 Å². The molecule has 1 heterocycles. The van der Waals surface area contributed by atoms with Gasteiger partial charge in [0.1, 0.15) is 5.57 Å². The molecular weight excluding hydrogens is 468 g/mol. The van der Waals surface area contributed by atoms with Crippen molar-refractivity contribution >= 4 is 46.9 Å². The Morgan fingerprint density at radius 1 is 1.17 bits per heavy atom. The summed E-state index contributed by atoms with van der Waals surface area (Å²) in [6.07, 6.45) is 4.28. The summed E-state index contributed by atoms with van der Waals surface area (Å²) in [5.41, 5.74) is 2.64. The van der Waals surface area contributed by atoms with E-state index < -0.39 is 24.4 Å². The zero-order valence-corrected chi connectivity index (χ0v) is 20.3. The lowest BCUT2D eigenvalue weighted by Crippen LogP contribution is -2.54. The Hall–Kier alpha value is -3.98. The normalized spacial score (nSPS) is 14.6. The van der Waals surface area contributed by atoms with Crippen LogP contribution in [0, 0.1) is 0 Å². The van der Waals surface area contributed by atoms with Crippen molar-refractivity contribution in [3.63, 3.8) is 0 Å². The molecule has 3 rings (SSSR count). The summed E-state index contributed by atoms with van der Waals surface area (Å²) >= 11 is 5.27. The third-order valence-electron chi connectivity index (χ3n) is 5.17. The summed E-state index contributed by atoms with van der Waals surface area (Å²) in [7, 11) is 0. The predicted molar refractivity (Wildman–Crippen MR) is 137 cm³/mol. The van der Waals surface area contributed by atoms with E-state index in [0.717, 1.165) is 12.0 Å². The molecule has 1 fully saturated rings. The van der Waals surface area contributed by atoms with Crippen LogP contribution in [0.2, 0.25) is 0 Å². The standard InChI is InChI=1S/C26H26N2O6S/c1-4-7-18-12-17(14-21(33-6-3)23(18)34-15-22(29)30)13-20-24(31)27-26(35)28(25(20)32)19-10-8-16(5-2)9-11-19/h4,8-14H,1,5-7,15H2,2-3H3,(H,29,30)(H,27,31,35)/b20-13+. The summed E-state index contributed by atoms with van der Waals surface area (Å²) < 4.78 is 11.1. The molecule has 1 aliphatic heterocycles. The molecule has 0 spiro atoms. The first-order valence-electron chi connectivity index (χ1n) is 11.0. The summed E-state index contributed by atoms with van der Waals surface area (Å²) in [4.78, 5) is 38.4. The average molecular weight is 495 g/mol. The number of nitrogens with one attached hydrogen (secondary N) is 1. The minimum absolute atomic E-state index is 0.00108. The lowest BCUT2D eigenvalue weighted by molar-refractivity contribution is -0.139. The van der Waals surface area contributed by atoms with Crippen LogP contribution in [-0.4, -0.2) is 41.2 Å². The number of carbonyl (C=O) groups excluding carboxylic acids is 2. The van der Waals surface area contributed by atoms with Gasteiger partial charge in [0.2, 0.25) is 0 Å². The van der Waals surface area contributed by atoms with Crippen LogP contribution in [0.4, 0.5) is 5.69 Å². The van der Waals surface area contributed by atoms with Crippen LogP contribution in [0.1, 0.15) is 30.5 Å². The molecule has 2 aromatic rings. The SMILES string of the molecule is C=CCc1cc(/C=C2\C(=O)NC(=S)N(c3ccc(CC)cc3)C2=O)cc(OCC)c1OCC(=O)O. The van der Waals surface area contributed by atoms with Crippen LogP contribution < -0.4 is 19.7 Å². The number of rotatable bonds is 10. The third-order valence-corrected chi connectivity index (χ3v) is 5.46. The number of benzene rings is 2. The summed E-state index contributed by atoms with van der Waals surface area (Å²) in [6, 6.07) is 10.6. The van der Waals surface area contributed by atoms with E-state index in [1.807, 2.05) is 19.1 Å². The molecule has 0 atom stereocenters. The van der Waals surface area contributed by atoms with Crippen LogP contribution in [0.5, 0.6) is 11.5 Å². The highest BCUT2D eigenvalue weighted by atomic mass is 32.1. The first kappa shape index (κ1) is 25.6. The number of ether oxygens (including phenoxy) is 2. The largest absolute Gasteiger partial charge is 0.490 e. The monoisotopic (exact) mass is 494 g/mol. The van der Waals surface area contributed by atoms with E-state index in [2.05, 4.69) is 11.9 Å². The molecular formula is C26H26N2O6S. The highest BCUT2D eigenvalue weighted by Crippen LogP contribution is 2.35. The fourth-order valence-electron chi connectivity index (χ4n) is 3.57. The summed E-state index contributed by atoms with van der Waals surface area (Å²) in [6.45, 7) is 7.29. The number of amides is 2. The molecule has 0 unspecified atom stereocenters. The van der Waals surface area contributed by atoms with Gasteiger partial charge in [0.15, 0.2) is 23.2 Å². The minimum Gasteiger partial charge on any atom is -0.490 e. The molecule has 2 aromatic carbocycles. The second-order valence-electron chi connectivity index (χ2n) is 7.59. The quantitative estimate of drug-likeness (QED) is 0.225. The van der Waals surface area contributed by atoms with Crippen molar-refractivity contribution in [1.82, 2.24) is 5.32 Å². The zero-order chi connectivity index (χ0) is 25.5. The van der Waals surface area contributed by atoms with Crippen molar-refractivity contribution in [1.29, 1.82) is 0 Å². The van der Waals surface area contributed by atoms with Gasteiger partial charge in [-0.05, 0) is 73.5 Å². The van der Waals surface area contributed by atoms with Crippen LogP contribution in [0.3, 0.4) is 0 Å². The number of carbonyl (C=O) groups is 3. The molecule has 0 radical (unpaired) electrons. The van der Waals surface area contributed by atoms with E-state index in [1.165, 1.54) is 11.0 Å². The number of thiocarbonyl (C=S) groups is 1. The fraction of sp³-hybridized carbons (Fsp3) is 0.231.